The van der Waals surface area contributed by atoms with Crippen LogP contribution in [0.15, 0.2) is 0 Å². The topological polar surface area (TPSA) is 57.5 Å². The Hall–Kier alpha value is -0.410. The van der Waals surface area contributed by atoms with Crippen molar-refractivity contribution in [1.82, 2.24) is 0 Å². The van der Waals surface area contributed by atoms with Gasteiger partial charge in [-0.05, 0) is 11.8 Å². The third-order valence-electron chi connectivity index (χ3n) is 2.12. The monoisotopic (exact) mass is 144 g/mol. The Morgan fingerprint density at radius 2 is 1.60 bits per heavy atom. The molecule has 1 fully saturated rings. The first-order valence-electron chi connectivity index (χ1n) is 3.51. The molecule has 2 N–H and O–H groups in total. The smallest absolute Gasteiger partial charge is 0.133 e. The van der Waals surface area contributed by atoms with Crippen LogP contribution >= 0.6 is 0 Å². The average molecular weight is 144 g/mol. The molecule has 10 heavy (non-hydrogen) atoms. The van der Waals surface area contributed by atoms with Gasteiger partial charge in [0.1, 0.15) is 5.78 Å². The van der Waals surface area contributed by atoms with Gasteiger partial charge in [-0.15, -0.1) is 0 Å². The highest BCUT2D eigenvalue weighted by Gasteiger charge is 2.31. The van der Waals surface area contributed by atoms with E-state index in [1.54, 1.807) is 0 Å². The molecule has 2 atom stereocenters. The van der Waals surface area contributed by atoms with Gasteiger partial charge in [-0.1, -0.05) is 0 Å². The first kappa shape index (κ1) is 7.69. The van der Waals surface area contributed by atoms with E-state index in [0.717, 1.165) is 0 Å². The fraction of sp³-hybridized carbons (Fsp3) is 0.857. The third-order valence-corrected chi connectivity index (χ3v) is 2.12. The standard InChI is InChI=1S/C7H12O3/c8-3-5-1-7(10)2-6(5)4-9/h5-6,8-9H,1-4H2/t5-,6+. The Kier molecular flexibility index (Phi) is 2.40. The maximum atomic E-state index is 10.8. The Morgan fingerprint density at radius 3 is 1.90 bits per heavy atom. The van der Waals surface area contributed by atoms with E-state index in [9.17, 15) is 4.79 Å². The molecule has 0 amide bonds. The fourth-order valence-corrected chi connectivity index (χ4v) is 1.43. The van der Waals surface area contributed by atoms with Gasteiger partial charge in [-0.2, -0.15) is 0 Å². The lowest BCUT2D eigenvalue weighted by atomic mass is 9.98. The number of rotatable bonds is 2. The predicted molar refractivity (Wildman–Crippen MR) is 35.4 cm³/mol. The molecule has 3 nitrogen and oxygen atoms in total. The van der Waals surface area contributed by atoms with Gasteiger partial charge in [0.15, 0.2) is 0 Å². The summed E-state index contributed by atoms with van der Waals surface area (Å²) < 4.78 is 0. The number of ketones is 1. The number of hydrogen-bond acceptors (Lipinski definition) is 3. The van der Waals surface area contributed by atoms with Crippen LogP contribution in [0.25, 0.3) is 0 Å². The molecule has 1 aliphatic carbocycles. The maximum absolute atomic E-state index is 10.8. The van der Waals surface area contributed by atoms with Crippen molar-refractivity contribution in [1.29, 1.82) is 0 Å². The summed E-state index contributed by atoms with van der Waals surface area (Å²) in [6.07, 6.45) is 0.892. The summed E-state index contributed by atoms with van der Waals surface area (Å²) in [6.45, 7) is 0.0495. The van der Waals surface area contributed by atoms with Crippen molar-refractivity contribution in [2.45, 2.75) is 12.8 Å². The van der Waals surface area contributed by atoms with Crippen molar-refractivity contribution < 1.29 is 15.0 Å². The van der Waals surface area contributed by atoms with Crippen LogP contribution in [-0.4, -0.2) is 29.2 Å². The Balaban J connectivity index is 2.48. The SMILES string of the molecule is O=C1C[C@@H](CO)[C@@H](CO)C1. The van der Waals surface area contributed by atoms with Crippen molar-refractivity contribution in [3.05, 3.63) is 0 Å². The Bertz CT molecular complexity index is 119. The lowest BCUT2D eigenvalue weighted by molar-refractivity contribution is -0.117. The largest absolute Gasteiger partial charge is 0.396 e. The predicted octanol–water partition coefficient (Wildman–Crippen LogP) is -0.434. The number of aliphatic hydroxyl groups is 2. The number of carbonyl (C=O) groups excluding carboxylic acids is 1. The number of Topliss-reactive ketones (excluding diaryl/α,β-unsaturated/α-hetero) is 1. The van der Waals surface area contributed by atoms with Crippen molar-refractivity contribution in [2.24, 2.45) is 11.8 Å². The summed E-state index contributed by atoms with van der Waals surface area (Å²) in [6, 6.07) is 0. The summed E-state index contributed by atoms with van der Waals surface area (Å²) in [5, 5.41) is 17.4. The number of carbonyl (C=O) groups is 1. The zero-order chi connectivity index (χ0) is 7.56. The Labute approximate surface area is 59.7 Å². The first-order valence-corrected chi connectivity index (χ1v) is 3.51. The minimum atomic E-state index is 0.0116. The average Bonchev–Trinajstić information content (AvgIpc) is 2.30. The molecule has 0 saturated heterocycles. The maximum Gasteiger partial charge on any atom is 0.133 e. The molecule has 3 heteroatoms. The molecule has 1 saturated carbocycles. The van der Waals surface area contributed by atoms with Crippen LogP contribution in [0.3, 0.4) is 0 Å². The van der Waals surface area contributed by atoms with E-state index >= 15 is 0 Å². The first-order chi connectivity index (χ1) is 4.77. The van der Waals surface area contributed by atoms with E-state index in [1.165, 1.54) is 0 Å². The molecule has 0 bridgehead atoms. The molecular weight excluding hydrogens is 132 g/mol. The molecule has 1 rings (SSSR count). The molecule has 0 aliphatic heterocycles. The van der Waals surface area contributed by atoms with Crippen molar-refractivity contribution in [2.75, 3.05) is 13.2 Å². The number of aliphatic hydroxyl groups excluding tert-OH is 2. The second-order valence-electron chi connectivity index (χ2n) is 2.83. The summed E-state index contributed by atoms with van der Waals surface area (Å²) in [5.74, 6) is 0.188. The van der Waals surface area contributed by atoms with Crippen LogP contribution in [-0.2, 0) is 4.79 Å². The molecule has 0 radical (unpaired) electrons. The Morgan fingerprint density at radius 1 is 1.20 bits per heavy atom. The molecule has 0 unspecified atom stereocenters. The molecule has 1 aliphatic rings. The van der Waals surface area contributed by atoms with Crippen LogP contribution in [0.1, 0.15) is 12.8 Å². The highest BCUT2D eigenvalue weighted by atomic mass is 16.3. The van der Waals surface area contributed by atoms with E-state index in [4.69, 9.17) is 10.2 Å². The summed E-state index contributed by atoms with van der Waals surface area (Å²) in [5.41, 5.74) is 0. The van der Waals surface area contributed by atoms with Gasteiger partial charge in [-0.25, -0.2) is 0 Å². The van der Waals surface area contributed by atoms with E-state index in [1.807, 2.05) is 0 Å². The molecule has 0 aromatic carbocycles. The van der Waals surface area contributed by atoms with E-state index in [2.05, 4.69) is 0 Å². The van der Waals surface area contributed by atoms with Gasteiger partial charge < -0.3 is 10.2 Å². The molecule has 0 aromatic heterocycles. The minimum absolute atomic E-state index is 0.0116. The van der Waals surface area contributed by atoms with Gasteiger partial charge in [0.05, 0.1) is 0 Å². The lowest BCUT2D eigenvalue weighted by Crippen LogP contribution is -2.15. The molecule has 0 aromatic rings. The lowest BCUT2D eigenvalue weighted by Gasteiger charge is -2.11. The summed E-state index contributed by atoms with van der Waals surface area (Å²) in [4.78, 5) is 10.8. The van der Waals surface area contributed by atoms with Crippen LogP contribution in [0.4, 0.5) is 0 Å². The summed E-state index contributed by atoms with van der Waals surface area (Å²) in [7, 11) is 0. The van der Waals surface area contributed by atoms with E-state index < -0.39 is 0 Å². The van der Waals surface area contributed by atoms with Gasteiger partial charge in [0, 0.05) is 26.1 Å². The van der Waals surface area contributed by atoms with Crippen LogP contribution in [0.5, 0.6) is 0 Å². The van der Waals surface area contributed by atoms with Gasteiger partial charge in [0.25, 0.3) is 0 Å². The van der Waals surface area contributed by atoms with Crippen molar-refractivity contribution in [3.8, 4) is 0 Å². The molecule has 0 spiro atoms. The van der Waals surface area contributed by atoms with Crippen LogP contribution in [0.2, 0.25) is 0 Å². The second-order valence-corrected chi connectivity index (χ2v) is 2.83. The zero-order valence-corrected chi connectivity index (χ0v) is 5.79. The van der Waals surface area contributed by atoms with E-state index in [0.29, 0.717) is 12.8 Å². The highest BCUT2D eigenvalue weighted by Crippen LogP contribution is 2.27. The van der Waals surface area contributed by atoms with Crippen molar-refractivity contribution >= 4 is 5.78 Å². The molecular formula is C7H12O3. The van der Waals surface area contributed by atoms with Crippen LogP contribution in [0, 0.1) is 11.8 Å². The third kappa shape index (κ3) is 1.36. The quantitative estimate of drug-likeness (QED) is 0.552. The normalized spacial score (nSPS) is 33.2. The van der Waals surface area contributed by atoms with E-state index in [-0.39, 0.29) is 30.8 Å². The highest BCUT2D eigenvalue weighted by molar-refractivity contribution is 5.81. The summed E-state index contributed by atoms with van der Waals surface area (Å²) >= 11 is 0. The second kappa shape index (κ2) is 3.12. The van der Waals surface area contributed by atoms with Gasteiger partial charge in [-0.3, -0.25) is 4.79 Å². The van der Waals surface area contributed by atoms with Crippen molar-refractivity contribution in [3.63, 3.8) is 0 Å². The fourth-order valence-electron chi connectivity index (χ4n) is 1.43. The zero-order valence-electron chi connectivity index (χ0n) is 5.79. The molecule has 58 valence electrons. The van der Waals surface area contributed by atoms with Gasteiger partial charge >= 0.3 is 0 Å². The number of hydrogen-bond donors (Lipinski definition) is 2. The van der Waals surface area contributed by atoms with Gasteiger partial charge in [0.2, 0.25) is 0 Å². The minimum Gasteiger partial charge on any atom is -0.396 e. The van der Waals surface area contributed by atoms with Crippen LogP contribution < -0.4 is 0 Å². The molecule has 0 heterocycles.